The summed E-state index contributed by atoms with van der Waals surface area (Å²) in [6.07, 6.45) is 0.160. The molecular formula is C31H35Cl3N4O7S. The fourth-order valence-corrected chi connectivity index (χ4v) is 6.79. The zero-order chi connectivity index (χ0) is 34.6. The molecule has 0 aliphatic carbocycles. The maximum atomic E-state index is 14.4. The van der Waals surface area contributed by atoms with Crippen molar-refractivity contribution >= 4 is 68.0 Å². The molecular weight excluding hydrogens is 679 g/mol. The molecule has 0 heterocycles. The molecule has 0 aliphatic heterocycles. The number of halogens is 3. The highest BCUT2D eigenvalue weighted by Crippen LogP contribution is 2.36. The molecule has 0 radical (unpaired) electrons. The van der Waals surface area contributed by atoms with E-state index in [9.17, 15) is 28.1 Å². The number of rotatable bonds is 12. The van der Waals surface area contributed by atoms with Crippen LogP contribution in [0.25, 0.3) is 0 Å². The fraction of sp³-hybridized carbons (Fsp3) is 0.355. The zero-order valence-corrected chi connectivity index (χ0v) is 29.2. The molecule has 0 aliphatic rings. The largest absolute Gasteiger partial charge is 0.495 e. The fourth-order valence-electron chi connectivity index (χ4n) is 4.67. The molecule has 0 unspecified atom stereocenters. The van der Waals surface area contributed by atoms with E-state index in [1.165, 1.54) is 49.3 Å². The highest BCUT2D eigenvalue weighted by molar-refractivity contribution is 7.92. The van der Waals surface area contributed by atoms with Crippen LogP contribution in [0, 0.1) is 17.0 Å². The van der Waals surface area contributed by atoms with Gasteiger partial charge in [-0.25, -0.2) is 8.42 Å². The minimum absolute atomic E-state index is 0.0561. The molecule has 1 N–H and O–H groups in total. The van der Waals surface area contributed by atoms with Crippen LogP contribution in [0.4, 0.5) is 11.4 Å². The Morgan fingerprint density at radius 2 is 1.67 bits per heavy atom. The van der Waals surface area contributed by atoms with E-state index in [1.807, 2.05) is 0 Å². The number of nitrogens with zero attached hydrogens (tertiary/aromatic N) is 3. The number of carbonyl (C=O) groups is 2. The first kappa shape index (κ1) is 36.9. The number of anilines is 1. The summed E-state index contributed by atoms with van der Waals surface area (Å²) in [5, 5.41) is 15.2. The highest BCUT2D eigenvalue weighted by Gasteiger charge is 2.36. The van der Waals surface area contributed by atoms with Gasteiger partial charge in [-0.1, -0.05) is 53.9 Å². The van der Waals surface area contributed by atoms with Gasteiger partial charge in [-0.15, -0.1) is 0 Å². The number of carbonyl (C=O) groups excluding carboxylic acids is 2. The van der Waals surface area contributed by atoms with Gasteiger partial charge in [-0.05, 0) is 70.5 Å². The summed E-state index contributed by atoms with van der Waals surface area (Å²) in [6.45, 7) is 7.47. The number of hydrogen-bond acceptors (Lipinski definition) is 7. The third-order valence-electron chi connectivity index (χ3n) is 6.93. The molecule has 1 atom stereocenters. The van der Waals surface area contributed by atoms with Gasteiger partial charge in [0.05, 0.1) is 22.6 Å². The predicted octanol–water partition coefficient (Wildman–Crippen LogP) is 6.79. The van der Waals surface area contributed by atoms with Crippen molar-refractivity contribution in [2.24, 2.45) is 0 Å². The van der Waals surface area contributed by atoms with Gasteiger partial charge in [0, 0.05) is 44.3 Å². The molecule has 3 aromatic carbocycles. The second-order valence-corrected chi connectivity index (χ2v) is 14.5. The van der Waals surface area contributed by atoms with E-state index in [0.717, 1.165) is 10.4 Å². The lowest BCUT2D eigenvalue weighted by atomic mass is 10.1. The Bertz CT molecular complexity index is 1730. The normalized spacial score (nSPS) is 12.3. The number of hydrogen-bond donors (Lipinski definition) is 1. The number of benzene rings is 3. The number of nitro benzene ring substituents is 1. The van der Waals surface area contributed by atoms with Crippen LogP contribution in [0.1, 0.15) is 45.2 Å². The van der Waals surface area contributed by atoms with E-state index >= 15 is 0 Å². The third-order valence-corrected chi connectivity index (χ3v) is 9.63. The monoisotopic (exact) mass is 712 g/mol. The molecule has 11 nitrogen and oxygen atoms in total. The average molecular weight is 714 g/mol. The maximum absolute atomic E-state index is 14.4. The summed E-state index contributed by atoms with van der Waals surface area (Å²) in [7, 11) is -3.37. The summed E-state index contributed by atoms with van der Waals surface area (Å²) in [5.41, 5.74) is -0.583. The lowest BCUT2D eigenvalue weighted by Crippen LogP contribution is -2.55. The van der Waals surface area contributed by atoms with Crippen molar-refractivity contribution in [1.82, 2.24) is 10.2 Å². The molecule has 0 saturated heterocycles. The second-order valence-electron chi connectivity index (χ2n) is 11.4. The van der Waals surface area contributed by atoms with Crippen LogP contribution in [-0.2, 0) is 26.2 Å². The highest BCUT2D eigenvalue weighted by atomic mass is 35.5. The topological polar surface area (TPSA) is 139 Å². The van der Waals surface area contributed by atoms with Gasteiger partial charge in [0.2, 0.25) is 11.8 Å². The van der Waals surface area contributed by atoms with Crippen molar-refractivity contribution in [2.75, 3.05) is 18.0 Å². The number of nitrogens with one attached hydrogen (secondary N) is 1. The van der Waals surface area contributed by atoms with Crippen molar-refractivity contribution in [3.63, 3.8) is 0 Å². The first-order chi connectivity index (χ1) is 21.4. The molecule has 0 fully saturated rings. The van der Waals surface area contributed by atoms with Crippen molar-refractivity contribution in [3.05, 3.63) is 90.9 Å². The van der Waals surface area contributed by atoms with E-state index < -0.39 is 55.5 Å². The Balaban J connectivity index is 2.24. The maximum Gasteiger partial charge on any atom is 0.273 e. The van der Waals surface area contributed by atoms with E-state index in [1.54, 1.807) is 45.9 Å². The van der Waals surface area contributed by atoms with Gasteiger partial charge in [-0.2, -0.15) is 0 Å². The van der Waals surface area contributed by atoms with Crippen LogP contribution in [0.15, 0.2) is 59.5 Å². The van der Waals surface area contributed by atoms with Gasteiger partial charge in [0.15, 0.2) is 0 Å². The first-order valence-electron chi connectivity index (χ1n) is 14.1. The molecule has 248 valence electrons. The van der Waals surface area contributed by atoms with E-state index in [4.69, 9.17) is 39.5 Å². The number of methoxy groups -OCH3 is 1. The van der Waals surface area contributed by atoms with Crippen LogP contribution in [0.3, 0.4) is 0 Å². The molecule has 0 saturated carbocycles. The molecule has 0 bridgehead atoms. The number of aryl methyl sites for hydroxylation is 1. The van der Waals surface area contributed by atoms with Crippen LogP contribution >= 0.6 is 34.8 Å². The lowest BCUT2D eigenvalue weighted by Gasteiger charge is -2.35. The smallest absolute Gasteiger partial charge is 0.273 e. The van der Waals surface area contributed by atoms with Crippen molar-refractivity contribution < 1.29 is 27.7 Å². The first-order valence-corrected chi connectivity index (χ1v) is 16.6. The van der Waals surface area contributed by atoms with E-state index in [-0.39, 0.29) is 45.0 Å². The van der Waals surface area contributed by atoms with E-state index in [0.29, 0.717) is 5.56 Å². The Kier molecular flexibility index (Phi) is 11.9. The Morgan fingerprint density at radius 1 is 1.04 bits per heavy atom. The summed E-state index contributed by atoms with van der Waals surface area (Å²) in [4.78, 5) is 39.7. The standard InChI is InChI=1S/C31H35Cl3N4O7S/c1-7-25(30(40)35-31(3,4)5)36(17-22-23(33)9-8-10-24(22)34)29(39)18-37(27-15-20(32)12-14-28(27)45-6)46(43,44)21-13-11-19(2)26(16-21)38(41)42/h8-16,25H,7,17-18H2,1-6H3,(H,35,40)/t25-/m0/s1. The molecule has 46 heavy (non-hydrogen) atoms. The van der Waals surface area contributed by atoms with Gasteiger partial charge in [-0.3, -0.25) is 24.0 Å². The number of nitro groups is 1. The van der Waals surface area contributed by atoms with Crippen LogP contribution in [0.2, 0.25) is 15.1 Å². The van der Waals surface area contributed by atoms with Gasteiger partial charge >= 0.3 is 0 Å². The Hall–Kier alpha value is -3.58. The minimum Gasteiger partial charge on any atom is -0.495 e. The van der Waals surface area contributed by atoms with Crippen LogP contribution < -0.4 is 14.4 Å². The number of sulfonamides is 1. The Morgan fingerprint density at radius 3 is 2.22 bits per heavy atom. The van der Waals surface area contributed by atoms with Crippen molar-refractivity contribution in [2.45, 2.75) is 64.1 Å². The van der Waals surface area contributed by atoms with Gasteiger partial charge in [0.1, 0.15) is 18.3 Å². The van der Waals surface area contributed by atoms with Crippen molar-refractivity contribution in [1.29, 1.82) is 0 Å². The summed E-state index contributed by atoms with van der Waals surface area (Å²) in [6, 6.07) is 11.4. The van der Waals surface area contributed by atoms with Crippen LogP contribution in [-0.4, -0.2) is 55.3 Å². The summed E-state index contributed by atoms with van der Waals surface area (Å²) in [5.74, 6) is -1.21. The van der Waals surface area contributed by atoms with Gasteiger partial charge < -0.3 is 15.0 Å². The zero-order valence-electron chi connectivity index (χ0n) is 26.1. The molecule has 0 spiro atoms. The molecule has 2 amide bonds. The number of ether oxygens (including phenoxy) is 1. The average Bonchev–Trinajstić information content (AvgIpc) is 2.96. The van der Waals surface area contributed by atoms with Crippen molar-refractivity contribution in [3.8, 4) is 5.75 Å². The molecule has 0 aromatic heterocycles. The minimum atomic E-state index is -4.69. The molecule has 15 heteroatoms. The van der Waals surface area contributed by atoms with Gasteiger partial charge in [0.25, 0.3) is 15.7 Å². The quantitative estimate of drug-likeness (QED) is 0.161. The lowest BCUT2D eigenvalue weighted by molar-refractivity contribution is -0.385. The van der Waals surface area contributed by atoms with Crippen LogP contribution in [0.5, 0.6) is 5.75 Å². The molecule has 3 aromatic rings. The molecule has 3 rings (SSSR count). The third kappa shape index (κ3) is 8.61. The summed E-state index contributed by atoms with van der Waals surface area (Å²) < 4.78 is 34.8. The SMILES string of the molecule is CC[C@@H](C(=O)NC(C)(C)C)N(Cc1c(Cl)cccc1Cl)C(=O)CN(c1cc(Cl)ccc1OC)S(=O)(=O)c1ccc(C)c([N+](=O)[O-])c1. The Labute approximate surface area is 283 Å². The predicted molar refractivity (Wildman–Crippen MR) is 179 cm³/mol. The number of amides is 2. The van der Waals surface area contributed by atoms with E-state index in [2.05, 4.69) is 5.32 Å². The second kappa shape index (κ2) is 14.9. The summed E-state index contributed by atoms with van der Waals surface area (Å²) >= 11 is 19.2.